The Balaban J connectivity index is 2.98. The molecular weight excluding hydrogens is 175 g/mol. The molecule has 0 amide bonds. The number of hydrogen-bond acceptors (Lipinski definition) is 2. The van der Waals surface area contributed by atoms with Crippen LogP contribution in [0.3, 0.4) is 0 Å². The number of aromatic hydroxyl groups is 1. The summed E-state index contributed by atoms with van der Waals surface area (Å²) in [5, 5.41) is 11.9. The van der Waals surface area contributed by atoms with E-state index in [0.29, 0.717) is 10.1 Å². The fourth-order valence-corrected chi connectivity index (χ4v) is 2.23. The molecule has 1 N–H and O–H groups in total. The fraction of sp³-hybridized carbons (Fsp3) is 0.111. The summed E-state index contributed by atoms with van der Waals surface area (Å²) >= 11 is 1.32. The third kappa shape index (κ3) is 0.898. The topological polar surface area (TPSA) is 20.2 Å². The Morgan fingerprint density at radius 2 is 2.17 bits per heavy atom. The highest BCUT2D eigenvalue weighted by atomic mass is 32.1. The second-order valence-corrected chi connectivity index (χ2v) is 3.57. The van der Waals surface area contributed by atoms with Gasteiger partial charge in [-0.2, -0.15) is 0 Å². The van der Waals surface area contributed by atoms with Gasteiger partial charge in [0, 0.05) is 5.39 Å². The molecule has 0 fully saturated rings. The van der Waals surface area contributed by atoms with Crippen molar-refractivity contribution in [3.05, 3.63) is 28.9 Å². The quantitative estimate of drug-likeness (QED) is 0.663. The molecule has 1 aromatic heterocycles. The second kappa shape index (κ2) is 2.45. The van der Waals surface area contributed by atoms with Gasteiger partial charge in [-0.3, -0.25) is 0 Å². The Morgan fingerprint density at radius 3 is 2.83 bits per heavy atom. The first-order chi connectivity index (χ1) is 5.70. The summed E-state index contributed by atoms with van der Waals surface area (Å²) in [6, 6.07) is 2.67. The molecule has 0 saturated heterocycles. The van der Waals surface area contributed by atoms with Gasteiger partial charge in [-0.1, -0.05) is 0 Å². The van der Waals surface area contributed by atoms with Gasteiger partial charge in [0.25, 0.3) is 0 Å². The van der Waals surface area contributed by atoms with Crippen molar-refractivity contribution < 1.29 is 9.50 Å². The molecule has 0 bridgehead atoms. The Hall–Kier alpha value is -1.09. The standard InChI is InChI=1S/C9H7FOS/c1-5-4-12-9-6(10)2-3-7(11)8(5)9/h2-4,11H,1H3. The van der Waals surface area contributed by atoms with E-state index in [4.69, 9.17) is 0 Å². The third-order valence-corrected chi connectivity index (χ3v) is 2.94. The van der Waals surface area contributed by atoms with Gasteiger partial charge in [-0.05, 0) is 30.0 Å². The molecule has 0 unspecified atom stereocenters. The zero-order chi connectivity index (χ0) is 8.72. The van der Waals surface area contributed by atoms with Crippen molar-refractivity contribution in [2.45, 2.75) is 6.92 Å². The van der Waals surface area contributed by atoms with Crippen molar-refractivity contribution in [3.63, 3.8) is 0 Å². The summed E-state index contributed by atoms with van der Waals surface area (Å²) in [6.07, 6.45) is 0. The van der Waals surface area contributed by atoms with Crippen molar-refractivity contribution in [1.29, 1.82) is 0 Å². The average Bonchev–Trinajstić information content (AvgIpc) is 2.42. The van der Waals surface area contributed by atoms with Crippen molar-refractivity contribution >= 4 is 21.4 Å². The molecule has 1 aromatic carbocycles. The van der Waals surface area contributed by atoms with E-state index in [1.807, 2.05) is 12.3 Å². The van der Waals surface area contributed by atoms with Gasteiger partial charge in [0.05, 0.1) is 4.70 Å². The van der Waals surface area contributed by atoms with Crippen LogP contribution in [-0.2, 0) is 0 Å². The van der Waals surface area contributed by atoms with Crippen LogP contribution >= 0.6 is 11.3 Å². The molecule has 0 atom stereocenters. The third-order valence-electron chi connectivity index (χ3n) is 1.84. The van der Waals surface area contributed by atoms with Gasteiger partial charge >= 0.3 is 0 Å². The van der Waals surface area contributed by atoms with Crippen LogP contribution in [0.5, 0.6) is 5.75 Å². The van der Waals surface area contributed by atoms with Crippen LogP contribution in [0.15, 0.2) is 17.5 Å². The normalized spacial score (nSPS) is 10.8. The Labute approximate surface area is 73.1 Å². The summed E-state index contributed by atoms with van der Waals surface area (Å²) in [5.74, 6) is -0.106. The number of halogens is 1. The smallest absolute Gasteiger partial charge is 0.141 e. The molecule has 1 heterocycles. The molecule has 2 aromatic rings. The second-order valence-electron chi connectivity index (χ2n) is 2.69. The van der Waals surface area contributed by atoms with Crippen molar-refractivity contribution in [2.75, 3.05) is 0 Å². The lowest BCUT2D eigenvalue weighted by molar-refractivity contribution is 0.480. The highest BCUT2D eigenvalue weighted by molar-refractivity contribution is 7.17. The number of phenolic OH excluding ortho intramolecular Hbond substituents is 1. The first-order valence-electron chi connectivity index (χ1n) is 3.55. The summed E-state index contributed by atoms with van der Waals surface area (Å²) in [4.78, 5) is 0. The molecule has 3 heteroatoms. The monoisotopic (exact) mass is 182 g/mol. The molecule has 0 radical (unpaired) electrons. The van der Waals surface area contributed by atoms with Gasteiger partial charge in [0.1, 0.15) is 11.6 Å². The highest BCUT2D eigenvalue weighted by Gasteiger charge is 2.08. The molecule has 2 rings (SSSR count). The highest BCUT2D eigenvalue weighted by Crippen LogP contribution is 2.34. The van der Waals surface area contributed by atoms with E-state index in [1.54, 1.807) is 0 Å². The number of aryl methyl sites for hydroxylation is 1. The maximum Gasteiger partial charge on any atom is 0.141 e. The van der Waals surface area contributed by atoms with Gasteiger partial charge < -0.3 is 5.11 Å². The molecule has 0 spiro atoms. The van der Waals surface area contributed by atoms with E-state index in [2.05, 4.69) is 0 Å². The Morgan fingerprint density at radius 1 is 1.42 bits per heavy atom. The lowest BCUT2D eigenvalue weighted by Crippen LogP contribution is -1.75. The van der Waals surface area contributed by atoms with E-state index < -0.39 is 0 Å². The lowest BCUT2D eigenvalue weighted by atomic mass is 10.2. The predicted molar refractivity (Wildman–Crippen MR) is 48.2 cm³/mol. The minimum Gasteiger partial charge on any atom is -0.507 e. The molecule has 62 valence electrons. The Bertz CT molecular complexity index is 433. The van der Waals surface area contributed by atoms with Gasteiger partial charge in [0.15, 0.2) is 0 Å². The number of thiophene rings is 1. The van der Waals surface area contributed by atoms with Gasteiger partial charge in [-0.25, -0.2) is 4.39 Å². The van der Waals surface area contributed by atoms with E-state index >= 15 is 0 Å². The lowest BCUT2D eigenvalue weighted by Gasteiger charge is -1.96. The van der Waals surface area contributed by atoms with Crippen LogP contribution < -0.4 is 0 Å². The Kier molecular flexibility index (Phi) is 1.54. The van der Waals surface area contributed by atoms with E-state index in [-0.39, 0.29) is 11.6 Å². The molecule has 1 nitrogen and oxygen atoms in total. The largest absolute Gasteiger partial charge is 0.507 e. The summed E-state index contributed by atoms with van der Waals surface area (Å²) in [7, 11) is 0. The molecule has 0 aliphatic heterocycles. The number of benzene rings is 1. The minimum absolute atomic E-state index is 0.158. The summed E-state index contributed by atoms with van der Waals surface area (Å²) < 4.78 is 13.6. The first-order valence-corrected chi connectivity index (χ1v) is 4.43. The summed E-state index contributed by atoms with van der Waals surface area (Å²) in [6.45, 7) is 1.86. The van der Waals surface area contributed by atoms with E-state index in [1.165, 1.54) is 23.5 Å². The predicted octanol–water partition coefficient (Wildman–Crippen LogP) is 3.05. The average molecular weight is 182 g/mol. The number of phenols is 1. The molecule has 0 aliphatic rings. The fourth-order valence-electron chi connectivity index (χ4n) is 1.25. The van der Waals surface area contributed by atoms with Crippen LogP contribution in [0.1, 0.15) is 5.56 Å². The van der Waals surface area contributed by atoms with E-state index in [9.17, 15) is 9.50 Å². The maximum absolute atomic E-state index is 13.1. The zero-order valence-corrected chi connectivity index (χ0v) is 7.28. The summed E-state index contributed by atoms with van der Waals surface area (Å²) in [5.41, 5.74) is 0.923. The molecule has 12 heavy (non-hydrogen) atoms. The zero-order valence-electron chi connectivity index (χ0n) is 6.47. The number of rotatable bonds is 0. The molecule has 0 aliphatic carbocycles. The minimum atomic E-state index is -0.263. The van der Waals surface area contributed by atoms with Crippen LogP contribution in [0.2, 0.25) is 0 Å². The van der Waals surface area contributed by atoms with Crippen LogP contribution in [-0.4, -0.2) is 5.11 Å². The van der Waals surface area contributed by atoms with Gasteiger partial charge in [0.2, 0.25) is 0 Å². The molecular formula is C9H7FOS. The number of fused-ring (bicyclic) bond motifs is 1. The van der Waals surface area contributed by atoms with Crippen molar-refractivity contribution in [2.24, 2.45) is 0 Å². The SMILES string of the molecule is Cc1csc2c(F)ccc(O)c12. The van der Waals surface area contributed by atoms with Gasteiger partial charge in [-0.15, -0.1) is 11.3 Å². The van der Waals surface area contributed by atoms with Crippen molar-refractivity contribution in [3.8, 4) is 5.75 Å². The van der Waals surface area contributed by atoms with Crippen LogP contribution in [0, 0.1) is 12.7 Å². The van der Waals surface area contributed by atoms with Crippen molar-refractivity contribution in [1.82, 2.24) is 0 Å². The number of hydrogen-bond donors (Lipinski definition) is 1. The van der Waals surface area contributed by atoms with Crippen LogP contribution in [0.25, 0.3) is 10.1 Å². The molecule has 0 saturated carbocycles. The maximum atomic E-state index is 13.1. The first kappa shape index (κ1) is 7.55. The van der Waals surface area contributed by atoms with Crippen LogP contribution in [0.4, 0.5) is 4.39 Å². The van der Waals surface area contributed by atoms with E-state index in [0.717, 1.165) is 5.56 Å².